The van der Waals surface area contributed by atoms with Crippen LogP contribution < -0.4 is 5.73 Å². The van der Waals surface area contributed by atoms with Gasteiger partial charge in [0, 0.05) is 12.2 Å². The van der Waals surface area contributed by atoms with Crippen LogP contribution in [0.3, 0.4) is 0 Å². The maximum Gasteiger partial charge on any atom is 0.254 e. The number of hydrogen-bond acceptors (Lipinski definition) is 3. The number of rotatable bonds is 2. The molecular formula is C11H16N2O2. The molecule has 4 heteroatoms. The summed E-state index contributed by atoms with van der Waals surface area (Å²) >= 11 is 0. The standard InChI is InChI=1S/C11H16N2O2/c12-11(8-4-2-1-3-5-8)13-9(14)6-7-10(13)15/h6-8,11H,1-5,12H2. The van der Waals surface area contributed by atoms with Crippen LogP contribution in [0, 0.1) is 5.92 Å². The molecule has 0 saturated heterocycles. The number of carbonyl (C=O) groups is 2. The van der Waals surface area contributed by atoms with Gasteiger partial charge in [0.1, 0.15) is 0 Å². The maximum atomic E-state index is 11.4. The molecule has 0 bridgehead atoms. The van der Waals surface area contributed by atoms with Crippen molar-refractivity contribution in [1.82, 2.24) is 4.90 Å². The van der Waals surface area contributed by atoms with Crippen LogP contribution in [0.4, 0.5) is 0 Å². The lowest BCUT2D eigenvalue weighted by molar-refractivity contribution is -0.140. The van der Waals surface area contributed by atoms with Crippen LogP contribution in [0.2, 0.25) is 0 Å². The minimum atomic E-state index is -0.430. The van der Waals surface area contributed by atoms with E-state index in [4.69, 9.17) is 5.73 Å². The van der Waals surface area contributed by atoms with Crippen LogP contribution in [0.1, 0.15) is 32.1 Å². The summed E-state index contributed by atoms with van der Waals surface area (Å²) in [6.07, 6.45) is 7.76. The second-order valence-electron chi connectivity index (χ2n) is 4.27. The molecule has 0 radical (unpaired) electrons. The number of nitrogens with two attached hydrogens (primary N) is 1. The van der Waals surface area contributed by atoms with Crippen molar-refractivity contribution >= 4 is 11.8 Å². The normalized spacial score (nSPS) is 25.0. The zero-order valence-corrected chi connectivity index (χ0v) is 8.69. The second-order valence-corrected chi connectivity index (χ2v) is 4.27. The molecule has 4 nitrogen and oxygen atoms in total. The van der Waals surface area contributed by atoms with Crippen LogP contribution in [-0.2, 0) is 9.59 Å². The maximum absolute atomic E-state index is 11.4. The Morgan fingerprint density at radius 2 is 1.67 bits per heavy atom. The minimum Gasteiger partial charge on any atom is -0.311 e. The first-order valence-electron chi connectivity index (χ1n) is 5.51. The van der Waals surface area contributed by atoms with Crippen molar-refractivity contribution in [1.29, 1.82) is 0 Å². The van der Waals surface area contributed by atoms with E-state index in [0.29, 0.717) is 0 Å². The monoisotopic (exact) mass is 208 g/mol. The third kappa shape index (κ3) is 1.95. The summed E-state index contributed by atoms with van der Waals surface area (Å²) in [6.45, 7) is 0. The van der Waals surface area contributed by atoms with E-state index >= 15 is 0 Å². The molecular weight excluding hydrogens is 192 g/mol. The van der Waals surface area contributed by atoms with Crippen molar-refractivity contribution in [2.75, 3.05) is 0 Å². The topological polar surface area (TPSA) is 63.4 Å². The first-order valence-corrected chi connectivity index (χ1v) is 5.51. The molecule has 1 atom stereocenters. The van der Waals surface area contributed by atoms with Gasteiger partial charge in [0.2, 0.25) is 0 Å². The predicted molar refractivity (Wildman–Crippen MR) is 55.5 cm³/mol. The fourth-order valence-electron chi connectivity index (χ4n) is 2.39. The highest BCUT2D eigenvalue weighted by Gasteiger charge is 2.34. The fraction of sp³-hybridized carbons (Fsp3) is 0.636. The van der Waals surface area contributed by atoms with Gasteiger partial charge in [-0.25, -0.2) is 0 Å². The van der Waals surface area contributed by atoms with Crippen molar-refractivity contribution in [3.63, 3.8) is 0 Å². The Labute approximate surface area is 89.1 Å². The molecule has 1 aliphatic carbocycles. The molecule has 1 fully saturated rings. The highest BCUT2D eigenvalue weighted by molar-refractivity contribution is 6.13. The summed E-state index contributed by atoms with van der Waals surface area (Å²) < 4.78 is 0. The Morgan fingerprint density at radius 1 is 1.13 bits per heavy atom. The lowest BCUT2D eigenvalue weighted by Gasteiger charge is -2.32. The van der Waals surface area contributed by atoms with Crippen LogP contribution in [0.15, 0.2) is 12.2 Å². The zero-order valence-electron chi connectivity index (χ0n) is 8.69. The van der Waals surface area contributed by atoms with Crippen molar-refractivity contribution in [3.05, 3.63) is 12.2 Å². The Balaban J connectivity index is 2.03. The van der Waals surface area contributed by atoms with Crippen LogP contribution in [0.5, 0.6) is 0 Å². The fourth-order valence-corrected chi connectivity index (χ4v) is 2.39. The van der Waals surface area contributed by atoms with Crippen molar-refractivity contribution in [2.45, 2.75) is 38.3 Å². The third-order valence-corrected chi connectivity index (χ3v) is 3.27. The summed E-state index contributed by atoms with van der Waals surface area (Å²) in [6, 6.07) is 0. The van der Waals surface area contributed by atoms with E-state index < -0.39 is 6.17 Å². The van der Waals surface area contributed by atoms with Crippen molar-refractivity contribution < 1.29 is 9.59 Å². The van der Waals surface area contributed by atoms with Crippen LogP contribution >= 0.6 is 0 Å². The Bertz CT molecular complexity index is 288. The van der Waals surface area contributed by atoms with E-state index in [1.165, 1.54) is 23.5 Å². The highest BCUT2D eigenvalue weighted by atomic mass is 16.2. The highest BCUT2D eigenvalue weighted by Crippen LogP contribution is 2.27. The summed E-state index contributed by atoms with van der Waals surface area (Å²) in [7, 11) is 0. The molecule has 2 amide bonds. The molecule has 0 aromatic carbocycles. The van der Waals surface area contributed by atoms with Gasteiger partial charge in [-0.3, -0.25) is 14.5 Å². The molecule has 82 valence electrons. The summed E-state index contributed by atoms with van der Waals surface area (Å²) in [5.74, 6) is -0.248. The lowest BCUT2D eigenvalue weighted by Crippen LogP contribution is -2.50. The van der Waals surface area contributed by atoms with Crippen molar-refractivity contribution in [2.24, 2.45) is 11.7 Å². The van der Waals surface area contributed by atoms with Gasteiger partial charge in [-0.05, 0) is 18.8 Å². The van der Waals surface area contributed by atoms with E-state index in [9.17, 15) is 9.59 Å². The van der Waals surface area contributed by atoms with Gasteiger partial charge in [0.15, 0.2) is 0 Å². The number of imide groups is 1. The first-order chi connectivity index (χ1) is 7.20. The minimum absolute atomic E-state index is 0.266. The number of carbonyl (C=O) groups excluding carboxylic acids is 2. The summed E-state index contributed by atoms with van der Waals surface area (Å²) in [4.78, 5) is 24.0. The summed E-state index contributed by atoms with van der Waals surface area (Å²) in [5.41, 5.74) is 5.98. The van der Waals surface area contributed by atoms with Crippen LogP contribution in [0.25, 0.3) is 0 Å². The number of nitrogens with zero attached hydrogens (tertiary/aromatic N) is 1. The quantitative estimate of drug-likeness (QED) is 0.682. The largest absolute Gasteiger partial charge is 0.311 e. The molecule has 1 saturated carbocycles. The van der Waals surface area contributed by atoms with E-state index in [-0.39, 0.29) is 17.7 Å². The Hall–Kier alpha value is -1.16. The van der Waals surface area contributed by atoms with E-state index in [1.807, 2.05) is 0 Å². The molecule has 0 aromatic rings. The average molecular weight is 208 g/mol. The smallest absolute Gasteiger partial charge is 0.254 e. The molecule has 2 rings (SSSR count). The van der Waals surface area contributed by atoms with E-state index in [1.54, 1.807) is 0 Å². The van der Waals surface area contributed by atoms with Gasteiger partial charge in [-0.2, -0.15) is 0 Å². The molecule has 2 aliphatic rings. The first kappa shape index (κ1) is 10.4. The number of amides is 2. The molecule has 1 unspecified atom stereocenters. The van der Waals surface area contributed by atoms with Gasteiger partial charge < -0.3 is 5.73 Å². The molecule has 15 heavy (non-hydrogen) atoms. The van der Waals surface area contributed by atoms with E-state index in [2.05, 4.69) is 0 Å². The second kappa shape index (κ2) is 4.14. The summed E-state index contributed by atoms with van der Waals surface area (Å²) in [5, 5.41) is 0. The third-order valence-electron chi connectivity index (χ3n) is 3.27. The van der Waals surface area contributed by atoms with Gasteiger partial charge >= 0.3 is 0 Å². The van der Waals surface area contributed by atoms with Gasteiger partial charge in [0.25, 0.3) is 11.8 Å². The Morgan fingerprint density at radius 3 is 2.20 bits per heavy atom. The molecule has 1 heterocycles. The predicted octanol–water partition coefficient (Wildman–Crippen LogP) is 0.776. The number of hydrogen-bond donors (Lipinski definition) is 1. The van der Waals surface area contributed by atoms with E-state index in [0.717, 1.165) is 25.7 Å². The molecule has 1 aliphatic heterocycles. The van der Waals surface area contributed by atoms with Gasteiger partial charge in [-0.15, -0.1) is 0 Å². The molecule has 0 aromatic heterocycles. The van der Waals surface area contributed by atoms with Gasteiger partial charge in [-0.1, -0.05) is 19.3 Å². The molecule has 2 N–H and O–H groups in total. The molecule has 0 spiro atoms. The Kier molecular flexibility index (Phi) is 2.86. The SMILES string of the molecule is NC(C1CCCCC1)N1C(=O)C=CC1=O. The van der Waals surface area contributed by atoms with Gasteiger partial charge in [0.05, 0.1) is 6.17 Å². The zero-order chi connectivity index (χ0) is 10.8. The van der Waals surface area contributed by atoms with Crippen LogP contribution in [-0.4, -0.2) is 22.9 Å². The average Bonchev–Trinajstić information content (AvgIpc) is 2.59. The van der Waals surface area contributed by atoms with Crippen molar-refractivity contribution in [3.8, 4) is 0 Å². The lowest BCUT2D eigenvalue weighted by atomic mass is 9.87.